The van der Waals surface area contributed by atoms with Gasteiger partial charge in [-0.1, -0.05) is 13.8 Å². The zero-order valence-electron chi connectivity index (χ0n) is 12.1. The quantitative estimate of drug-likeness (QED) is 0.664. The minimum absolute atomic E-state index is 0.151. The van der Waals surface area contributed by atoms with Crippen LogP contribution >= 0.6 is 27.3 Å². The number of rotatable bonds is 6. The topological polar surface area (TPSA) is 12.0 Å². The number of benzene rings is 1. The molecule has 0 spiro atoms. The predicted molar refractivity (Wildman–Crippen MR) is 87.9 cm³/mol. The van der Waals surface area contributed by atoms with Crippen LogP contribution in [0.3, 0.4) is 0 Å². The first-order chi connectivity index (χ1) is 10.1. The van der Waals surface area contributed by atoms with Crippen molar-refractivity contribution in [2.24, 2.45) is 0 Å². The van der Waals surface area contributed by atoms with Crippen molar-refractivity contribution in [1.82, 2.24) is 5.32 Å². The molecule has 0 fully saturated rings. The van der Waals surface area contributed by atoms with Gasteiger partial charge in [-0.05, 0) is 59.6 Å². The lowest BCUT2D eigenvalue weighted by Crippen LogP contribution is -2.23. The summed E-state index contributed by atoms with van der Waals surface area (Å²) in [6, 6.07) is 6.21. The lowest BCUT2D eigenvalue weighted by molar-refractivity contribution is 0.536. The molecule has 0 aliphatic heterocycles. The van der Waals surface area contributed by atoms with E-state index in [2.05, 4.69) is 35.1 Å². The van der Waals surface area contributed by atoms with Crippen molar-refractivity contribution in [2.75, 3.05) is 6.54 Å². The molecule has 1 atom stereocenters. The molecule has 1 unspecified atom stereocenters. The Morgan fingerprint density at radius 3 is 2.57 bits per heavy atom. The third-order valence-electron chi connectivity index (χ3n) is 3.26. The van der Waals surface area contributed by atoms with Crippen LogP contribution in [0, 0.1) is 11.6 Å². The van der Waals surface area contributed by atoms with Gasteiger partial charge in [0.05, 0.1) is 10.5 Å². The maximum Gasteiger partial charge on any atom is 0.137 e. The minimum atomic E-state index is -0.443. The van der Waals surface area contributed by atoms with Gasteiger partial charge in [-0.3, -0.25) is 0 Å². The number of halogens is 3. The van der Waals surface area contributed by atoms with Gasteiger partial charge in [0.1, 0.15) is 11.6 Å². The van der Waals surface area contributed by atoms with Crippen molar-refractivity contribution >= 4 is 27.3 Å². The summed E-state index contributed by atoms with van der Waals surface area (Å²) in [7, 11) is 0. The summed E-state index contributed by atoms with van der Waals surface area (Å²) in [5.74, 6) is -0.842. The Bertz CT molecular complexity index is 612. The van der Waals surface area contributed by atoms with E-state index in [1.54, 1.807) is 11.3 Å². The predicted octanol–water partition coefficient (Wildman–Crippen LogP) is 5.44. The summed E-state index contributed by atoms with van der Waals surface area (Å²) in [4.78, 5) is 2.26. The molecular weight excluding hydrogens is 356 g/mol. The third kappa shape index (κ3) is 3.90. The second kappa shape index (κ2) is 7.47. The van der Waals surface area contributed by atoms with E-state index in [1.807, 2.05) is 12.1 Å². The summed E-state index contributed by atoms with van der Waals surface area (Å²) in [6.07, 6.45) is 1.88. The molecule has 2 aromatic rings. The molecule has 5 heteroatoms. The lowest BCUT2D eigenvalue weighted by Gasteiger charge is -2.19. The maximum atomic E-state index is 14.3. The Morgan fingerprint density at radius 2 is 1.95 bits per heavy atom. The molecule has 0 aliphatic carbocycles. The Kier molecular flexibility index (Phi) is 5.90. The monoisotopic (exact) mass is 373 g/mol. The highest BCUT2D eigenvalue weighted by molar-refractivity contribution is 9.10. The summed E-state index contributed by atoms with van der Waals surface area (Å²) in [6.45, 7) is 4.89. The van der Waals surface area contributed by atoms with Crippen LogP contribution in [0.4, 0.5) is 8.78 Å². The Hall–Kier alpha value is -0.780. The standard InChI is InChI=1S/C16H18BrF2NS/c1-3-7-20-16(15-6-5-10(4-2)21-15)11-8-14(19)12(17)9-13(11)18/h5-6,8-9,16,20H,3-4,7H2,1-2H3. The number of thiophene rings is 1. The number of hydrogen-bond donors (Lipinski definition) is 1. The van der Waals surface area contributed by atoms with E-state index in [0.717, 1.165) is 24.3 Å². The highest BCUT2D eigenvalue weighted by atomic mass is 79.9. The molecule has 0 saturated heterocycles. The van der Waals surface area contributed by atoms with Crippen LogP contribution in [-0.4, -0.2) is 6.54 Å². The largest absolute Gasteiger partial charge is 0.306 e. The molecule has 1 N–H and O–H groups in total. The third-order valence-corrected chi connectivity index (χ3v) is 5.17. The molecule has 1 heterocycles. The molecule has 114 valence electrons. The number of nitrogens with one attached hydrogen (secondary N) is 1. The molecule has 1 aromatic carbocycles. The molecule has 0 aliphatic rings. The second-order valence-corrected chi connectivity index (χ2v) is 6.89. The molecule has 21 heavy (non-hydrogen) atoms. The van der Waals surface area contributed by atoms with Gasteiger partial charge in [0.25, 0.3) is 0 Å². The number of hydrogen-bond acceptors (Lipinski definition) is 2. The Morgan fingerprint density at radius 1 is 1.19 bits per heavy atom. The molecular formula is C16H18BrF2NS. The van der Waals surface area contributed by atoms with E-state index in [4.69, 9.17) is 0 Å². The van der Waals surface area contributed by atoms with Crippen LogP contribution in [-0.2, 0) is 6.42 Å². The fourth-order valence-corrected chi connectivity index (χ4v) is 3.51. The first kappa shape index (κ1) is 16.6. The Balaban J connectivity index is 2.42. The molecule has 0 saturated carbocycles. The average Bonchev–Trinajstić information content (AvgIpc) is 2.93. The highest BCUT2D eigenvalue weighted by Gasteiger charge is 2.21. The van der Waals surface area contributed by atoms with Crippen LogP contribution in [0.15, 0.2) is 28.7 Å². The molecule has 0 bridgehead atoms. The van der Waals surface area contributed by atoms with Gasteiger partial charge < -0.3 is 5.32 Å². The van der Waals surface area contributed by atoms with Crippen molar-refractivity contribution < 1.29 is 8.78 Å². The maximum absolute atomic E-state index is 14.3. The summed E-state index contributed by atoms with van der Waals surface area (Å²) >= 11 is 4.66. The van der Waals surface area contributed by atoms with Gasteiger partial charge in [0, 0.05) is 15.3 Å². The van der Waals surface area contributed by atoms with Gasteiger partial charge >= 0.3 is 0 Å². The molecule has 2 rings (SSSR count). The first-order valence-electron chi connectivity index (χ1n) is 7.03. The van der Waals surface area contributed by atoms with Gasteiger partial charge in [0.15, 0.2) is 0 Å². The second-order valence-electron chi connectivity index (χ2n) is 4.83. The van der Waals surface area contributed by atoms with Crippen LogP contribution in [0.1, 0.15) is 41.6 Å². The molecule has 1 nitrogen and oxygen atoms in total. The van der Waals surface area contributed by atoms with E-state index >= 15 is 0 Å². The van der Waals surface area contributed by atoms with E-state index in [-0.39, 0.29) is 10.5 Å². The normalized spacial score (nSPS) is 12.6. The van der Waals surface area contributed by atoms with E-state index < -0.39 is 11.6 Å². The van der Waals surface area contributed by atoms with Crippen molar-refractivity contribution in [2.45, 2.75) is 32.7 Å². The first-order valence-corrected chi connectivity index (χ1v) is 8.64. The van der Waals surface area contributed by atoms with E-state index in [9.17, 15) is 8.78 Å². The van der Waals surface area contributed by atoms with Crippen molar-refractivity contribution in [3.63, 3.8) is 0 Å². The fraction of sp³-hybridized carbons (Fsp3) is 0.375. The van der Waals surface area contributed by atoms with Crippen LogP contribution in [0.5, 0.6) is 0 Å². The van der Waals surface area contributed by atoms with Gasteiger partial charge in [-0.25, -0.2) is 8.78 Å². The van der Waals surface area contributed by atoms with Gasteiger partial charge in [-0.2, -0.15) is 0 Å². The zero-order valence-corrected chi connectivity index (χ0v) is 14.5. The van der Waals surface area contributed by atoms with Crippen LogP contribution in [0.2, 0.25) is 0 Å². The Labute approximate surface area is 136 Å². The van der Waals surface area contributed by atoms with Crippen molar-refractivity contribution in [1.29, 1.82) is 0 Å². The van der Waals surface area contributed by atoms with E-state index in [0.29, 0.717) is 5.56 Å². The molecule has 0 amide bonds. The molecule has 0 radical (unpaired) electrons. The fourth-order valence-electron chi connectivity index (χ4n) is 2.15. The van der Waals surface area contributed by atoms with Gasteiger partial charge in [0.2, 0.25) is 0 Å². The SMILES string of the molecule is CCCNC(c1ccc(CC)s1)c1cc(F)c(Br)cc1F. The van der Waals surface area contributed by atoms with Gasteiger partial charge in [-0.15, -0.1) is 11.3 Å². The smallest absolute Gasteiger partial charge is 0.137 e. The van der Waals surface area contributed by atoms with Crippen molar-refractivity contribution in [3.8, 4) is 0 Å². The van der Waals surface area contributed by atoms with Crippen LogP contribution < -0.4 is 5.32 Å². The van der Waals surface area contributed by atoms with Crippen molar-refractivity contribution in [3.05, 3.63) is 55.7 Å². The minimum Gasteiger partial charge on any atom is -0.306 e. The number of aryl methyl sites for hydroxylation is 1. The zero-order chi connectivity index (χ0) is 15.4. The lowest BCUT2D eigenvalue weighted by atomic mass is 10.0. The highest BCUT2D eigenvalue weighted by Crippen LogP contribution is 2.32. The summed E-state index contributed by atoms with van der Waals surface area (Å²) in [5.41, 5.74) is 0.355. The molecule has 1 aromatic heterocycles. The summed E-state index contributed by atoms with van der Waals surface area (Å²) < 4.78 is 28.2. The summed E-state index contributed by atoms with van der Waals surface area (Å²) in [5, 5.41) is 3.32. The average molecular weight is 374 g/mol. The van der Waals surface area contributed by atoms with E-state index in [1.165, 1.54) is 17.0 Å². The van der Waals surface area contributed by atoms with Crippen LogP contribution in [0.25, 0.3) is 0 Å².